The predicted octanol–water partition coefficient (Wildman–Crippen LogP) is 2.27. The zero-order valence-electron chi connectivity index (χ0n) is 13.7. The summed E-state index contributed by atoms with van der Waals surface area (Å²) in [6.07, 6.45) is 0. The number of carboxylic acid groups (broad SMARTS) is 1. The van der Waals surface area contributed by atoms with Crippen LogP contribution in [0.2, 0.25) is 0 Å². The molecule has 26 heavy (non-hydrogen) atoms. The van der Waals surface area contributed by atoms with E-state index in [1.54, 1.807) is 13.0 Å². The fraction of sp³-hybridized carbons (Fsp3) is 0.188. The van der Waals surface area contributed by atoms with E-state index in [1.807, 2.05) is 0 Å². The monoisotopic (exact) mass is 380 g/mol. The molecular formula is C16H16N2O7S. The largest absolute Gasteiger partial charge is 0.494 e. The summed E-state index contributed by atoms with van der Waals surface area (Å²) in [6.45, 7) is 1.18. The van der Waals surface area contributed by atoms with Gasteiger partial charge in [-0.15, -0.1) is 0 Å². The third-order valence-corrected chi connectivity index (χ3v) is 5.15. The van der Waals surface area contributed by atoms with E-state index in [0.717, 1.165) is 12.1 Å². The zero-order valence-corrected chi connectivity index (χ0v) is 14.5. The summed E-state index contributed by atoms with van der Waals surface area (Å²) in [7, 11) is -4.50. The molecule has 0 radical (unpaired) electrons. The van der Waals surface area contributed by atoms with Gasteiger partial charge in [0, 0.05) is 12.1 Å². The number of para-hydroxylation sites is 1. The number of carboxylic acids is 1. The number of benzene rings is 2. The first-order chi connectivity index (χ1) is 12.3. The van der Waals surface area contributed by atoms with E-state index in [1.165, 1.54) is 30.3 Å². The summed E-state index contributed by atoms with van der Waals surface area (Å²) in [4.78, 5) is 21.0. The summed E-state index contributed by atoms with van der Waals surface area (Å²) in [6, 6.07) is 10.6. The number of sulfonamides is 1. The first kappa shape index (κ1) is 19.2. The maximum absolute atomic E-state index is 13.0. The van der Waals surface area contributed by atoms with Crippen molar-refractivity contribution < 1.29 is 28.0 Å². The Bertz CT molecular complexity index is 928. The Balaban J connectivity index is 2.61. The number of nitro groups is 1. The number of aliphatic carboxylic acids is 1. The lowest BCUT2D eigenvalue weighted by atomic mass is 10.3. The lowest BCUT2D eigenvalue weighted by molar-refractivity contribution is -0.387. The molecule has 0 aliphatic rings. The zero-order chi connectivity index (χ0) is 19.3. The van der Waals surface area contributed by atoms with Crippen molar-refractivity contribution in [2.45, 2.75) is 11.8 Å². The standard InChI is InChI=1S/C16H16N2O7S/c1-2-25-13-7-5-6-12(10-13)17(11-16(19)20)26(23,24)15-9-4-3-8-14(15)18(21)22/h3-10H,2,11H2,1H3,(H,19,20). The minimum Gasteiger partial charge on any atom is -0.494 e. The van der Waals surface area contributed by atoms with Crippen LogP contribution in [0.25, 0.3) is 0 Å². The number of rotatable bonds is 8. The first-order valence-corrected chi connectivity index (χ1v) is 8.92. The van der Waals surface area contributed by atoms with Gasteiger partial charge in [0.2, 0.25) is 0 Å². The summed E-state index contributed by atoms with van der Waals surface area (Å²) < 4.78 is 31.9. The van der Waals surface area contributed by atoms with Crippen LogP contribution in [-0.4, -0.2) is 37.6 Å². The number of ether oxygens (including phenoxy) is 1. The molecule has 0 heterocycles. The fourth-order valence-electron chi connectivity index (χ4n) is 2.28. The SMILES string of the molecule is CCOc1cccc(N(CC(=O)O)S(=O)(=O)c2ccccc2[N+](=O)[O-])c1. The minimum atomic E-state index is -4.50. The van der Waals surface area contributed by atoms with Crippen LogP contribution in [0.3, 0.4) is 0 Å². The average Bonchev–Trinajstić information content (AvgIpc) is 2.60. The Morgan fingerprint density at radius 3 is 2.54 bits per heavy atom. The number of hydrogen-bond acceptors (Lipinski definition) is 6. The van der Waals surface area contributed by atoms with Gasteiger partial charge in [-0.05, 0) is 25.1 Å². The highest BCUT2D eigenvalue weighted by Crippen LogP contribution is 2.31. The van der Waals surface area contributed by atoms with Crippen molar-refractivity contribution in [2.24, 2.45) is 0 Å². The van der Waals surface area contributed by atoms with Gasteiger partial charge in [0.1, 0.15) is 12.3 Å². The second kappa shape index (κ2) is 7.83. The molecule has 1 N–H and O–H groups in total. The Kier molecular flexibility index (Phi) is 5.78. The van der Waals surface area contributed by atoms with E-state index in [9.17, 15) is 23.3 Å². The Morgan fingerprint density at radius 2 is 1.92 bits per heavy atom. The minimum absolute atomic E-state index is 0.0245. The van der Waals surface area contributed by atoms with Crippen molar-refractivity contribution in [1.82, 2.24) is 0 Å². The molecule has 9 nitrogen and oxygen atoms in total. The van der Waals surface area contributed by atoms with Gasteiger partial charge in [-0.25, -0.2) is 8.42 Å². The van der Waals surface area contributed by atoms with E-state index in [-0.39, 0.29) is 5.69 Å². The number of nitro benzene ring substituents is 1. The fourth-order valence-corrected chi connectivity index (χ4v) is 3.84. The van der Waals surface area contributed by atoms with Crippen molar-refractivity contribution in [2.75, 3.05) is 17.5 Å². The molecule has 2 aromatic carbocycles. The van der Waals surface area contributed by atoms with E-state index in [2.05, 4.69) is 0 Å². The van der Waals surface area contributed by atoms with Crippen molar-refractivity contribution >= 4 is 27.4 Å². The third kappa shape index (κ3) is 4.09. The summed E-state index contributed by atoms with van der Waals surface area (Å²) in [5.74, 6) is -1.06. The van der Waals surface area contributed by atoms with Crippen molar-refractivity contribution in [3.8, 4) is 5.75 Å². The normalized spacial score (nSPS) is 11.0. The summed E-state index contributed by atoms with van der Waals surface area (Å²) in [5.41, 5.74) is -0.611. The van der Waals surface area contributed by atoms with Crippen LogP contribution in [0.1, 0.15) is 6.92 Å². The molecule has 0 bridgehead atoms. The number of nitrogens with zero attached hydrogens (tertiary/aromatic N) is 2. The molecule has 0 amide bonds. The number of anilines is 1. The van der Waals surface area contributed by atoms with Crippen LogP contribution in [-0.2, 0) is 14.8 Å². The van der Waals surface area contributed by atoms with Gasteiger partial charge in [0.25, 0.3) is 15.7 Å². The smallest absolute Gasteiger partial charge is 0.324 e. The molecule has 0 aliphatic carbocycles. The maximum Gasteiger partial charge on any atom is 0.324 e. The highest BCUT2D eigenvalue weighted by Gasteiger charge is 2.33. The second-order valence-electron chi connectivity index (χ2n) is 5.06. The molecule has 2 aromatic rings. The maximum atomic E-state index is 13.0. The van der Waals surface area contributed by atoms with Crippen LogP contribution in [0.5, 0.6) is 5.75 Å². The summed E-state index contributed by atoms with van der Waals surface area (Å²) >= 11 is 0. The van der Waals surface area contributed by atoms with E-state index < -0.39 is 38.0 Å². The topological polar surface area (TPSA) is 127 Å². The first-order valence-electron chi connectivity index (χ1n) is 7.48. The predicted molar refractivity (Wildman–Crippen MR) is 92.9 cm³/mol. The molecule has 0 unspecified atom stereocenters. The lowest BCUT2D eigenvalue weighted by Crippen LogP contribution is -2.36. The van der Waals surface area contributed by atoms with E-state index in [0.29, 0.717) is 16.7 Å². The van der Waals surface area contributed by atoms with Crippen LogP contribution in [0, 0.1) is 10.1 Å². The molecule has 0 fully saturated rings. The lowest BCUT2D eigenvalue weighted by Gasteiger charge is -2.23. The van der Waals surface area contributed by atoms with Crippen molar-refractivity contribution in [3.05, 3.63) is 58.6 Å². The van der Waals surface area contributed by atoms with E-state index in [4.69, 9.17) is 9.84 Å². The molecule has 0 saturated carbocycles. The van der Waals surface area contributed by atoms with Gasteiger partial charge in [-0.1, -0.05) is 18.2 Å². The number of carbonyl (C=O) groups is 1. The average molecular weight is 380 g/mol. The Morgan fingerprint density at radius 1 is 1.23 bits per heavy atom. The van der Waals surface area contributed by atoms with Crippen LogP contribution in [0.15, 0.2) is 53.4 Å². The van der Waals surface area contributed by atoms with E-state index >= 15 is 0 Å². The highest BCUT2D eigenvalue weighted by atomic mass is 32.2. The van der Waals surface area contributed by atoms with Gasteiger partial charge < -0.3 is 9.84 Å². The van der Waals surface area contributed by atoms with Gasteiger partial charge in [-0.2, -0.15) is 0 Å². The molecule has 2 rings (SSSR count). The van der Waals surface area contributed by atoms with Gasteiger partial charge >= 0.3 is 5.97 Å². The Hall–Kier alpha value is -3.14. The highest BCUT2D eigenvalue weighted by molar-refractivity contribution is 7.93. The van der Waals surface area contributed by atoms with Crippen LogP contribution in [0.4, 0.5) is 11.4 Å². The molecule has 10 heteroatoms. The van der Waals surface area contributed by atoms with Crippen molar-refractivity contribution in [1.29, 1.82) is 0 Å². The Labute approximate surface area is 149 Å². The molecule has 138 valence electrons. The molecule has 0 aromatic heterocycles. The molecule has 0 spiro atoms. The second-order valence-corrected chi connectivity index (χ2v) is 6.89. The molecule has 0 aliphatic heterocycles. The van der Waals surface area contributed by atoms with Gasteiger partial charge in [-0.3, -0.25) is 19.2 Å². The van der Waals surface area contributed by atoms with Crippen LogP contribution < -0.4 is 9.04 Å². The van der Waals surface area contributed by atoms with Gasteiger partial charge in [0.15, 0.2) is 4.90 Å². The van der Waals surface area contributed by atoms with Crippen molar-refractivity contribution in [3.63, 3.8) is 0 Å². The number of hydrogen-bond donors (Lipinski definition) is 1. The molecule has 0 saturated heterocycles. The molecular weight excluding hydrogens is 364 g/mol. The molecule has 0 atom stereocenters. The van der Waals surface area contributed by atoms with Crippen LogP contribution >= 0.6 is 0 Å². The van der Waals surface area contributed by atoms with Gasteiger partial charge in [0.05, 0.1) is 17.2 Å². The summed E-state index contributed by atoms with van der Waals surface area (Å²) in [5, 5.41) is 20.3. The third-order valence-electron chi connectivity index (χ3n) is 3.33. The quantitative estimate of drug-likeness (QED) is 0.550.